The summed E-state index contributed by atoms with van der Waals surface area (Å²) in [6.45, 7) is 0. The van der Waals surface area contributed by atoms with Gasteiger partial charge in [-0.25, -0.2) is 9.37 Å². The number of imidazole rings is 1. The second kappa shape index (κ2) is 3.45. The van der Waals surface area contributed by atoms with Gasteiger partial charge in [-0.1, -0.05) is 0 Å². The van der Waals surface area contributed by atoms with Crippen LogP contribution in [0.15, 0.2) is 45.7 Å². The maximum Gasteiger partial charge on any atom is 0.169 e. The number of halogens is 2. The summed E-state index contributed by atoms with van der Waals surface area (Å²) >= 11 is 3.22. The molecule has 0 saturated heterocycles. The minimum atomic E-state index is -0.294. The molecule has 3 aromatic rings. The third kappa shape index (κ3) is 1.53. The van der Waals surface area contributed by atoms with Gasteiger partial charge in [0.15, 0.2) is 10.4 Å². The first-order valence-corrected chi connectivity index (χ1v) is 5.42. The zero-order valence-corrected chi connectivity index (χ0v) is 9.61. The average Bonchev–Trinajstić information content (AvgIpc) is 2.83. The second-order valence-corrected chi connectivity index (χ2v) is 4.12. The van der Waals surface area contributed by atoms with Crippen LogP contribution in [0.3, 0.4) is 0 Å². The molecule has 0 unspecified atom stereocenters. The molecule has 0 aromatic carbocycles. The van der Waals surface area contributed by atoms with Gasteiger partial charge in [0.1, 0.15) is 17.2 Å². The van der Waals surface area contributed by atoms with Gasteiger partial charge in [-0.05, 0) is 40.2 Å². The highest BCUT2D eigenvalue weighted by molar-refractivity contribution is 9.10. The van der Waals surface area contributed by atoms with E-state index in [1.165, 1.54) is 12.3 Å². The number of rotatable bonds is 1. The van der Waals surface area contributed by atoms with Crippen LogP contribution in [-0.2, 0) is 0 Å². The molecule has 3 nitrogen and oxygen atoms in total. The normalized spacial score (nSPS) is 11.1. The van der Waals surface area contributed by atoms with E-state index in [-0.39, 0.29) is 5.82 Å². The molecule has 0 aliphatic rings. The van der Waals surface area contributed by atoms with E-state index in [1.54, 1.807) is 22.7 Å². The van der Waals surface area contributed by atoms with Gasteiger partial charge in [-0.3, -0.25) is 0 Å². The maximum absolute atomic E-state index is 13.0. The molecule has 0 atom stereocenters. The Balaban J connectivity index is 2.18. The van der Waals surface area contributed by atoms with Crippen molar-refractivity contribution in [1.29, 1.82) is 0 Å². The fourth-order valence-corrected chi connectivity index (χ4v) is 1.84. The Morgan fingerprint density at radius 2 is 2.06 bits per heavy atom. The van der Waals surface area contributed by atoms with Crippen molar-refractivity contribution in [1.82, 2.24) is 9.38 Å². The third-order valence-electron chi connectivity index (χ3n) is 2.24. The molecule has 0 spiro atoms. The Hall–Kier alpha value is -1.62. The summed E-state index contributed by atoms with van der Waals surface area (Å²) in [7, 11) is 0. The van der Waals surface area contributed by atoms with Crippen molar-refractivity contribution >= 4 is 21.6 Å². The van der Waals surface area contributed by atoms with Gasteiger partial charge in [0.2, 0.25) is 0 Å². The van der Waals surface area contributed by atoms with Crippen molar-refractivity contribution in [3.8, 4) is 11.5 Å². The van der Waals surface area contributed by atoms with Crippen LogP contribution in [0.2, 0.25) is 0 Å². The van der Waals surface area contributed by atoms with Crippen LogP contribution >= 0.6 is 15.9 Å². The zero-order chi connectivity index (χ0) is 11.1. The number of aromatic nitrogens is 2. The van der Waals surface area contributed by atoms with E-state index in [9.17, 15) is 4.39 Å². The molecule has 0 fully saturated rings. The van der Waals surface area contributed by atoms with Crippen LogP contribution in [0.4, 0.5) is 4.39 Å². The fraction of sp³-hybridized carbons (Fsp3) is 0. The molecule has 3 aromatic heterocycles. The summed E-state index contributed by atoms with van der Waals surface area (Å²) in [5.74, 6) is 0.355. The highest BCUT2D eigenvalue weighted by Crippen LogP contribution is 2.24. The Bertz CT molecular complexity index is 659. The van der Waals surface area contributed by atoms with Gasteiger partial charge in [0.05, 0.1) is 0 Å². The van der Waals surface area contributed by atoms with Crippen LogP contribution in [0, 0.1) is 5.82 Å². The highest BCUT2D eigenvalue weighted by Gasteiger charge is 2.08. The first-order chi connectivity index (χ1) is 7.72. The van der Waals surface area contributed by atoms with E-state index < -0.39 is 0 Å². The smallest absolute Gasteiger partial charge is 0.169 e. The van der Waals surface area contributed by atoms with E-state index in [0.29, 0.717) is 21.8 Å². The summed E-state index contributed by atoms with van der Waals surface area (Å²) in [6.07, 6.45) is 3.10. The molecule has 3 rings (SSSR count). The minimum Gasteiger partial charge on any atom is -0.448 e. The summed E-state index contributed by atoms with van der Waals surface area (Å²) in [5.41, 5.74) is 1.36. The molecule has 0 aliphatic heterocycles. The maximum atomic E-state index is 13.0. The lowest BCUT2D eigenvalue weighted by molar-refractivity contribution is 0.554. The van der Waals surface area contributed by atoms with Crippen LogP contribution in [-0.4, -0.2) is 9.38 Å². The van der Waals surface area contributed by atoms with Crippen molar-refractivity contribution in [2.24, 2.45) is 0 Å². The molecule has 0 saturated carbocycles. The van der Waals surface area contributed by atoms with E-state index >= 15 is 0 Å². The lowest BCUT2D eigenvalue weighted by atomic mass is 10.4. The molecule has 0 bridgehead atoms. The standard InChI is InChI=1S/C11H6BrFN2O/c12-10-3-2-9(16-10)8-6-15-5-7(13)1-4-11(15)14-8/h1-6H. The zero-order valence-electron chi connectivity index (χ0n) is 8.02. The third-order valence-corrected chi connectivity index (χ3v) is 2.67. The molecule has 0 amide bonds. The lowest BCUT2D eigenvalue weighted by Gasteiger charge is -1.90. The van der Waals surface area contributed by atoms with Gasteiger partial charge >= 0.3 is 0 Å². The van der Waals surface area contributed by atoms with Gasteiger partial charge in [-0.15, -0.1) is 0 Å². The Labute approximate surface area is 98.7 Å². The molecule has 5 heteroatoms. The molecule has 80 valence electrons. The van der Waals surface area contributed by atoms with Crippen LogP contribution < -0.4 is 0 Å². The first-order valence-electron chi connectivity index (χ1n) is 4.62. The predicted octanol–water partition coefficient (Wildman–Crippen LogP) is 3.50. The fourth-order valence-electron chi connectivity index (χ4n) is 1.54. The van der Waals surface area contributed by atoms with Gasteiger partial charge in [0.25, 0.3) is 0 Å². The second-order valence-electron chi connectivity index (χ2n) is 3.34. The molecular formula is C11H6BrFN2O. The van der Waals surface area contributed by atoms with Gasteiger partial charge < -0.3 is 8.82 Å². The Morgan fingerprint density at radius 1 is 1.19 bits per heavy atom. The van der Waals surface area contributed by atoms with E-state index in [1.807, 2.05) is 6.07 Å². The molecule has 0 N–H and O–H groups in total. The number of nitrogens with zero attached hydrogens (tertiary/aromatic N) is 2. The number of pyridine rings is 1. The Kier molecular flexibility index (Phi) is 2.07. The lowest BCUT2D eigenvalue weighted by Crippen LogP contribution is -1.83. The van der Waals surface area contributed by atoms with Crippen molar-refractivity contribution in [3.05, 3.63) is 47.1 Å². The summed E-state index contributed by atoms with van der Waals surface area (Å²) in [6, 6.07) is 6.60. The van der Waals surface area contributed by atoms with Crippen LogP contribution in [0.25, 0.3) is 17.1 Å². The summed E-state index contributed by atoms with van der Waals surface area (Å²) in [4.78, 5) is 4.32. The quantitative estimate of drug-likeness (QED) is 0.683. The van der Waals surface area contributed by atoms with Crippen LogP contribution in [0.5, 0.6) is 0 Å². The molecule has 0 radical (unpaired) electrons. The largest absolute Gasteiger partial charge is 0.448 e. The predicted molar refractivity (Wildman–Crippen MR) is 60.6 cm³/mol. The Morgan fingerprint density at radius 3 is 2.81 bits per heavy atom. The van der Waals surface area contributed by atoms with E-state index in [4.69, 9.17) is 4.42 Å². The summed E-state index contributed by atoms with van der Waals surface area (Å²) < 4.78 is 20.6. The van der Waals surface area contributed by atoms with Crippen molar-refractivity contribution in [2.75, 3.05) is 0 Å². The van der Waals surface area contributed by atoms with Crippen molar-refractivity contribution in [2.45, 2.75) is 0 Å². The molecule has 3 heterocycles. The summed E-state index contributed by atoms with van der Waals surface area (Å²) in [5, 5.41) is 0. The number of hydrogen-bond acceptors (Lipinski definition) is 2. The molecule has 16 heavy (non-hydrogen) atoms. The van der Waals surface area contributed by atoms with Crippen LogP contribution in [0.1, 0.15) is 0 Å². The van der Waals surface area contributed by atoms with E-state index in [0.717, 1.165) is 0 Å². The minimum absolute atomic E-state index is 0.294. The van der Waals surface area contributed by atoms with Crippen molar-refractivity contribution < 1.29 is 8.81 Å². The SMILES string of the molecule is Fc1ccc2nc(-c3ccc(Br)o3)cn2c1. The number of hydrogen-bond donors (Lipinski definition) is 0. The van der Waals surface area contributed by atoms with Gasteiger partial charge in [0, 0.05) is 12.4 Å². The number of furan rings is 1. The molecule has 0 aliphatic carbocycles. The van der Waals surface area contributed by atoms with Gasteiger partial charge in [-0.2, -0.15) is 0 Å². The molecular weight excluding hydrogens is 275 g/mol. The number of fused-ring (bicyclic) bond motifs is 1. The monoisotopic (exact) mass is 280 g/mol. The highest BCUT2D eigenvalue weighted by atomic mass is 79.9. The van der Waals surface area contributed by atoms with E-state index in [2.05, 4.69) is 20.9 Å². The average molecular weight is 281 g/mol. The van der Waals surface area contributed by atoms with Crippen molar-refractivity contribution in [3.63, 3.8) is 0 Å². The topological polar surface area (TPSA) is 30.4 Å². The first kappa shape index (κ1) is 9.59.